The molecule has 1 rings (SSSR count). The second-order valence-corrected chi connectivity index (χ2v) is 6.48. The minimum atomic E-state index is -0.586. The minimum Gasteiger partial charge on any atom is -0.444 e. The molecule has 1 unspecified atom stereocenters. The molecule has 1 N–H and O–H groups in total. The van der Waals surface area contributed by atoms with Crippen LogP contribution in [0, 0.1) is 0 Å². The Hall–Kier alpha value is -1.81. The van der Waals surface area contributed by atoms with E-state index in [1.165, 1.54) is 6.08 Å². The Kier molecular flexibility index (Phi) is 6.62. The smallest absolute Gasteiger partial charge is 0.407 e. The van der Waals surface area contributed by atoms with Crippen LogP contribution in [0.25, 0.3) is 0 Å². The van der Waals surface area contributed by atoms with Gasteiger partial charge in [-0.25, -0.2) is 4.79 Å². The molecule has 1 aromatic carbocycles. The van der Waals surface area contributed by atoms with Crippen LogP contribution >= 0.6 is 11.6 Å². The molecule has 1 atom stereocenters. The largest absolute Gasteiger partial charge is 0.444 e. The molecular formula is C17H22ClNO3. The fourth-order valence-corrected chi connectivity index (χ4v) is 2.01. The number of ether oxygens (including phenoxy) is 1. The number of carbonyl (C=O) groups is 2. The van der Waals surface area contributed by atoms with Crippen molar-refractivity contribution in [1.82, 2.24) is 5.32 Å². The van der Waals surface area contributed by atoms with Crippen LogP contribution in [0.2, 0.25) is 5.02 Å². The summed E-state index contributed by atoms with van der Waals surface area (Å²) >= 11 is 5.85. The fraction of sp³-hybridized carbons (Fsp3) is 0.412. The Balaban J connectivity index is 2.74. The number of ketones is 1. The zero-order valence-electron chi connectivity index (χ0n) is 13.2. The molecule has 5 heteroatoms. The first-order valence-corrected chi connectivity index (χ1v) is 7.46. The van der Waals surface area contributed by atoms with Crippen LogP contribution in [-0.4, -0.2) is 23.5 Å². The van der Waals surface area contributed by atoms with Crippen molar-refractivity contribution in [3.63, 3.8) is 0 Å². The van der Waals surface area contributed by atoms with Gasteiger partial charge in [-0.2, -0.15) is 0 Å². The van der Waals surface area contributed by atoms with Gasteiger partial charge >= 0.3 is 6.09 Å². The number of alkyl carbamates (subject to hydrolysis) is 1. The Morgan fingerprint density at radius 3 is 2.41 bits per heavy atom. The van der Waals surface area contributed by atoms with Crippen molar-refractivity contribution in [2.75, 3.05) is 0 Å². The van der Waals surface area contributed by atoms with Crippen LogP contribution in [0.1, 0.15) is 32.8 Å². The maximum atomic E-state index is 11.9. The number of halogens is 1. The molecule has 1 aromatic rings. The van der Waals surface area contributed by atoms with Gasteiger partial charge in [0, 0.05) is 17.5 Å². The molecular weight excluding hydrogens is 302 g/mol. The van der Waals surface area contributed by atoms with Crippen LogP contribution in [0.15, 0.2) is 36.9 Å². The molecule has 0 saturated heterocycles. The average Bonchev–Trinajstić information content (AvgIpc) is 2.38. The Labute approximate surface area is 136 Å². The number of hydrogen-bond donors (Lipinski definition) is 1. The van der Waals surface area contributed by atoms with E-state index in [4.69, 9.17) is 16.3 Å². The summed E-state index contributed by atoms with van der Waals surface area (Å²) in [4.78, 5) is 23.5. The molecule has 0 heterocycles. The monoisotopic (exact) mass is 323 g/mol. The number of allylic oxidation sites excluding steroid dienone is 1. The van der Waals surface area contributed by atoms with Gasteiger partial charge in [-0.3, -0.25) is 4.79 Å². The normalized spacial score (nSPS) is 12.4. The molecule has 0 aromatic heterocycles. The summed E-state index contributed by atoms with van der Waals surface area (Å²) in [7, 11) is 0. The van der Waals surface area contributed by atoms with Gasteiger partial charge in [0.05, 0.1) is 0 Å². The van der Waals surface area contributed by atoms with Crippen molar-refractivity contribution in [3.05, 3.63) is 47.5 Å². The molecule has 0 bridgehead atoms. The zero-order chi connectivity index (χ0) is 16.8. The van der Waals surface area contributed by atoms with Crippen LogP contribution < -0.4 is 5.32 Å². The lowest BCUT2D eigenvalue weighted by Crippen LogP contribution is -2.41. The van der Waals surface area contributed by atoms with Gasteiger partial charge in [0.25, 0.3) is 0 Å². The van der Waals surface area contributed by atoms with Gasteiger partial charge in [-0.1, -0.05) is 30.3 Å². The molecule has 1 amide bonds. The maximum Gasteiger partial charge on any atom is 0.407 e. The van der Waals surface area contributed by atoms with Crippen LogP contribution in [0.4, 0.5) is 4.79 Å². The molecule has 0 radical (unpaired) electrons. The molecule has 0 spiro atoms. The lowest BCUT2D eigenvalue weighted by Gasteiger charge is -2.23. The van der Waals surface area contributed by atoms with Gasteiger partial charge in [-0.15, -0.1) is 0 Å². The predicted octanol–water partition coefficient (Wildman–Crippen LogP) is 3.92. The summed E-state index contributed by atoms with van der Waals surface area (Å²) in [6.07, 6.45) is 1.40. The fourth-order valence-electron chi connectivity index (χ4n) is 1.88. The third-order valence-corrected chi connectivity index (χ3v) is 3.04. The van der Waals surface area contributed by atoms with Gasteiger partial charge in [0.2, 0.25) is 0 Å². The highest BCUT2D eigenvalue weighted by Gasteiger charge is 2.21. The Bertz CT molecular complexity index is 532. The van der Waals surface area contributed by atoms with Gasteiger partial charge in [0.15, 0.2) is 5.78 Å². The van der Waals surface area contributed by atoms with E-state index < -0.39 is 11.7 Å². The molecule has 0 aliphatic rings. The van der Waals surface area contributed by atoms with E-state index in [1.54, 1.807) is 32.9 Å². The van der Waals surface area contributed by atoms with Crippen molar-refractivity contribution in [3.8, 4) is 0 Å². The molecule has 120 valence electrons. The summed E-state index contributed by atoms with van der Waals surface area (Å²) in [6, 6.07) is 6.92. The lowest BCUT2D eigenvalue weighted by molar-refractivity contribution is -0.115. The second-order valence-electron chi connectivity index (χ2n) is 6.05. The van der Waals surface area contributed by atoms with E-state index >= 15 is 0 Å². The molecule has 0 saturated carbocycles. The third-order valence-electron chi connectivity index (χ3n) is 2.79. The van der Waals surface area contributed by atoms with Crippen LogP contribution in [-0.2, 0) is 16.0 Å². The van der Waals surface area contributed by atoms with Gasteiger partial charge < -0.3 is 10.1 Å². The van der Waals surface area contributed by atoms with E-state index in [2.05, 4.69) is 11.9 Å². The van der Waals surface area contributed by atoms with E-state index in [9.17, 15) is 9.59 Å². The molecule has 0 aliphatic heterocycles. The summed E-state index contributed by atoms with van der Waals surface area (Å²) in [5.41, 5.74) is 0.388. The summed E-state index contributed by atoms with van der Waals surface area (Å²) < 4.78 is 5.23. The average molecular weight is 324 g/mol. The molecule has 0 aliphatic carbocycles. The molecule has 4 nitrogen and oxygen atoms in total. The van der Waals surface area contributed by atoms with E-state index in [-0.39, 0.29) is 18.2 Å². The number of carbonyl (C=O) groups excluding carboxylic acids is 2. The SMILES string of the molecule is C=CC(=O)CC(Cc1ccc(Cl)cc1)NC(=O)OC(C)(C)C. The molecule has 0 fully saturated rings. The molecule has 22 heavy (non-hydrogen) atoms. The van der Waals surface area contributed by atoms with E-state index in [0.717, 1.165) is 5.56 Å². The third kappa shape index (κ3) is 7.27. The Morgan fingerprint density at radius 1 is 1.32 bits per heavy atom. The zero-order valence-corrected chi connectivity index (χ0v) is 13.9. The van der Waals surface area contributed by atoms with Crippen molar-refractivity contribution < 1.29 is 14.3 Å². The summed E-state index contributed by atoms with van der Waals surface area (Å²) in [5, 5.41) is 3.38. The highest BCUT2D eigenvalue weighted by atomic mass is 35.5. The van der Waals surface area contributed by atoms with Crippen molar-refractivity contribution in [2.24, 2.45) is 0 Å². The van der Waals surface area contributed by atoms with E-state index in [0.29, 0.717) is 11.4 Å². The minimum absolute atomic E-state index is 0.130. The highest BCUT2D eigenvalue weighted by Crippen LogP contribution is 2.13. The highest BCUT2D eigenvalue weighted by molar-refractivity contribution is 6.30. The summed E-state index contributed by atoms with van der Waals surface area (Å²) in [6.45, 7) is 8.82. The standard InChI is InChI=1S/C17H22ClNO3/c1-5-15(20)11-14(19-16(21)22-17(2,3)4)10-12-6-8-13(18)9-7-12/h5-9,14H,1,10-11H2,2-4H3,(H,19,21). The van der Waals surface area contributed by atoms with Crippen molar-refractivity contribution in [2.45, 2.75) is 45.3 Å². The first kappa shape index (κ1) is 18.2. The quantitative estimate of drug-likeness (QED) is 0.807. The van der Waals surface area contributed by atoms with Crippen molar-refractivity contribution >= 4 is 23.5 Å². The number of amides is 1. The number of rotatable bonds is 6. The first-order valence-electron chi connectivity index (χ1n) is 7.09. The lowest BCUT2D eigenvalue weighted by atomic mass is 10.0. The number of hydrogen-bond acceptors (Lipinski definition) is 3. The van der Waals surface area contributed by atoms with E-state index in [1.807, 2.05) is 12.1 Å². The predicted molar refractivity (Wildman–Crippen MR) is 88.1 cm³/mol. The maximum absolute atomic E-state index is 11.9. The summed E-state index contributed by atoms with van der Waals surface area (Å²) in [5.74, 6) is -0.130. The van der Waals surface area contributed by atoms with Gasteiger partial charge in [0.1, 0.15) is 5.60 Å². The topological polar surface area (TPSA) is 55.4 Å². The van der Waals surface area contributed by atoms with Crippen LogP contribution in [0.5, 0.6) is 0 Å². The number of nitrogens with one attached hydrogen (secondary N) is 1. The van der Waals surface area contributed by atoms with Crippen LogP contribution in [0.3, 0.4) is 0 Å². The first-order chi connectivity index (χ1) is 10.2. The van der Waals surface area contributed by atoms with Crippen molar-refractivity contribution in [1.29, 1.82) is 0 Å². The number of benzene rings is 1. The Morgan fingerprint density at radius 2 is 1.91 bits per heavy atom. The second kappa shape index (κ2) is 7.99. The van der Waals surface area contributed by atoms with Gasteiger partial charge in [-0.05, 0) is 51.0 Å².